The number of ether oxygens (including phenoxy) is 1. The van der Waals surface area contributed by atoms with Crippen molar-refractivity contribution in [3.05, 3.63) is 34.9 Å². The summed E-state index contributed by atoms with van der Waals surface area (Å²) < 4.78 is 5.35. The third-order valence-corrected chi connectivity index (χ3v) is 4.42. The van der Waals surface area contributed by atoms with Gasteiger partial charge in [-0.2, -0.15) is 0 Å². The molecule has 3 heteroatoms. The SMILES string of the molecule is Cc1ccc(CNC(=O)[C@@H](C)C2CCOCC2)cc1C. The summed E-state index contributed by atoms with van der Waals surface area (Å²) in [5.74, 6) is 0.698. The molecule has 0 aliphatic carbocycles. The molecule has 0 unspecified atom stereocenters. The molecule has 1 aromatic rings. The molecule has 0 spiro atoms. The maximum absolute atomic E-state index is 12.2. The van der Waals surface area contributed by atoms with E-state index in [0.29, 0.717) is 12.5 Å². The van der Waals surface area contributed by atoms with Crippen LogP contribution in [0, 0.1) is 25.7 Å². The summed E-state index contributed by atoms with van der Waals surface area (Å²) in [5, 5.41) is 3.06. The van der Waals surface area contributed by atoms with Crippen LogP contribution >= 0.6 is 0 Å². The van der Waals surface area contributed by atoms with E-state index < -0.39 is 0 Å². The fraction of sp³-hybridized carbons (Fsp3) is 0.588. The summed E-state index contributed by atoms with van der Waals surface area (Å²) in [4.78, 5) is 12.2. The van der Waals surface area contributed by atoms with Gasteiger partial charge in [0.05, 0.1) is 0 Å². The van der Waals surface area contributed by atoms with Gasteiger partial charge in [0, 0.05) is 25.7 Å². The lowest BCUT2D eigenvalue weighted by molar-refractivity contribution is -0.127. The minimum atomic E-state index is 0.0745. The van der Waals surface area contributed by atoms with Crippen molar-refractivity contribution in [1.29, 1.82) is 0 Å². The summed E-state index contributed by atoms with van der Waals surface area (Å²) in [6.45, 7) is 8.44. The molecule has 3 nitrogen and oxygen atoms in total. The highest BCUT2D eigenvalue weighted by Gasteiger charge is 2.25. The maximum atomic E-state index is 12.2. The number of carbonyl (C=O) groups excluding carboxylic acids is 1. The Hall–Kier alpha value is -1.35. The zero-order chi connectivity index (χ0) is 14.5. The van der Waals surface area contributed by atoms with Crippen LogP contribution in [0.5, 0.6) is 0 Å². The number of aryl methyl sites for hydroxylation is 2. The lowest BCUT2D eigenvalue weighted by atomic mass is 9.87. The Labute approximate surface area is 121 Å². The van der Waals surface area contributed by atoms with Gasteiger partial charge in [-0.05, 0) is 49.3 Å². The van der Waals surface area contributed by atoms with E-state index in [1.54, 1.807) is 0 Å². The fourth-order valence-corrected chi connectivity index (χ4v) is 2.69. The van der Waals surface area contributed by atoms with Crippen LogP contribution in [0.15, 0.2) is 18.2 Å². The van der Waals surface area contributed by atoms with Gasteiger partial charge in [-0.3, -0.25) is 4.79 Å². The molecular formula is C17H25NO2. The Morgan fingerprint density at radius 3 is 2.65 bits per heavy atom. The molecule has 0 aromatic heterocycles. The van der Waals surface area contributed by atoms with Gasteiger partial charge in [-0.1, -0.05) is 25.1 Å². The molecule has 1 aromatic carbocycles. The van der Waals surface area contributed by atoms with Gasteiger partial charge in [-0.25, -0.2) is 0 Å². The van der Waals surface area contributed by atoms with E-state index in [-0.39, 0.29) is 11.8 Å². The van der Waals surface area contributed by atoms with E-state index in [1.807, 2.05) is 6.92 Å². The molecule has 1 N–H and O–H groups in total. The Morgan fingerprint density at radius 1 is 1.30 bits per heavy atom. The first-order valence-electron chi connectivity index (χ1n) is 7.49. The molecule has 110 valence electrons. The van der Waals surface area contributed by atoms with Crippen LogP contribution in [-0.2, 0) is 16.1 Å². The number of hydrogen-bond donors (Lipinski definition) is 1. The van der Waals surface area contributed by atoms with Gasteiger partial charge in [-0.15, -0.1) is 0 Å². The molecule has 1 heterocycles. The van der Waals surface area contributed by atoms with Gasteiger partial charge in [0.15, 0.2) is 0 Å². The fourth-order valence-electron chi connectivity index (χ4n) is 2.69. The molecular weight excluding hydrogens is 250 g/mol. The molecule has 1 atom stereocenters. The summed E-state index contributed by atoms with van der Waals surface area (Å²) in [6.07, 6.45) is 2.00. The van der Waals surface area contributed by atoms with Gasteiger partial charge in [0.1, 0.15) is 0 Å². The topological polar surface area (TPSA) is 38.3 Å². The lowest BCUT2D eigenvalue weighted by Crippen LogP contribution is -2.35. The zero-order valence-electron chi connectivity index (χ0n) is 12.7. The Bertz CT molecular complexity index is 464. The number of carbonyl (C=O) groups is 1. The van der Waals surface area contributed by atoms with Crippen molar-refractivity contribution in [2.45, 2.75) is 40.2 Å². The predicted octanol–water partition coefficient (Wildman–Crippen LogP) is 2.98. The Balaban J connectivity index is 1.86. The van der Waals surface area contributed by atoms with E-state index in [1.165, 1.54) is 16.7 Å². The van der Waals surface area contributed by atoms with Crippen LogP contribution in [0.25, 0.3) is 0 Å². The van der Waals surface area contributed by atoms with Crippen LogP contribution < -0.4 is 5.32 Å². The molecule has 1 aliphatic heterocycles. The number of amides is 1. The average Bonchev–Trinajstić information content (AvgIpc) is 2.48. The van der Waals surface area contributed by atoms with E-state index in [0.717, 1.165) is 26.1 Å². The number of hydrogen-bond acceptors (Lipinski definition) is 2. The van der Waals surface area contributed by atoms with Crippen molar-refractivity contribution in [3.8, 4) is 0 Å². The summed E-state index contributed by atoms with van der Waals surface area (Å²) in [6, 6.07) is 6.34. The molecule has 1 saturated heterocycles. The van der Waals surface area contributed by atoms with Crippen molar-refractivity contribution in [2.75, 3.05) is 13.2 Å². The lowest BCUT2D eigenvalue weighted by Gasteiger charge is -2.27. The first-order valence-corrected chi connectivity index (χ1v) is 7.49. The standard InChI is InChI=1S/C17H25NO2/c1-12-4-5-15(10-13(12)2)11-18-17(19)14(3)16-6-8-20-9-7-16/h4-5,10,14,16H,6-9,11H2,1-3H3,(H,18,19)/t14-/m0/s1. The molecule has 1 fully saturated rings. The van der Waals surface area contributed by atoms with Gasteiger partial charge < -0.3 is 10.1 Å². The smallest absolute Gasteiger partial charge is 0.223 e. The molecule has 2 rings (SSSR count). The molecule has 0 radical (unpaired) electrons. The normalized spacial score (nSPS) is 17.8. The van der Waals surface area contributed by atoms with Gasteiger partial charge >= 0.3 is 0 Å². The van der Waals surface area contributed by atoms with Crippen molar-refractivity contribution in [2.24, 2.45) is 11.8 Å². The second-order valence-corrected chi connectivity index (χ2v) is 5.87. The highest BCUT2D eigenvalue weighted by Crippen LogP contribution is 2.23. The molecule has 0 saturated carbocycles. The summed E-state index contributed by atoms with van der Waals surface area (Å²) in [5.41, 5.74) is 3.73. The monoisotopic (exact) mass is 275 g/mol. The third-order valence-electron chi connectivity index (χ3n) is 4.42. The Morgan fingerprint density at radius 2 is 2.00 bits per heavy atom. The average molecular weight is 275 g/mol. The molecule has 1 amide bonds. The maximum Gasteiger partial charge on any atom is 0.223 e. The third kappa shape index (κ3) is 3.83. The summed E-state index contributed by atoms with van der Waals surface area (Å²) >= 11 is 0. The minimum absolute atomic E-state index is 0.0745. The predicted molar refractivity (Wildman–Crippen MR) is 80.5 cm³/mol. The van der Waals surface area contributed by atoms with Crippen molar-refractivity contribution in [1.82, 2.24) is 5.32 Å². The van der Waals surface area contributed by atoms with E-state index in [2.05, 4.69) is 37.4 Å². The number of benzene rings is 1. The van der Waals surface area contributed by atoms with Crippen LogP contribution in [0.3, 0.4) is 0 Å². The molecule has 1 aliphatic rings. The quantitative estimate of drug-likeness (QED) is 0.917. The first-order chi connectivity index (χ1) is 9.58. The number of nitrogens with one attached hydrogen (secondary N) is 1. The highest BCUT2D eigenvalue weighted by atomic mass is 16.5. The van der Waals surface area contributed by atoms with E-state index in [9.17, 15) is 4.79 Å². The van der Waals surface area contributed by atoms with E-state index in [4.69, 9.17) is 4.74 Å². The number of rotatable bonds is 4. The Kier molecular flexibility index (Phi) is 5.18. The van der Waals surface area contributed by atoms with Crippen LogP contribution in [0.1, 0.15) is 36.5 Å². The van der Waals surface area contributed by atoms with Crippen LogP contribution in [0.4, 0.5) is 0 Å². The minimum Gasteiger partial charge on any atom is -0.381 e. The second kappa shape index (κ2) is 6.89. The van der Waals surface area contributed by atoms with Gasteiger partial charge in [0.2, 0.25) is 5.91 Å². The van der Waals surface area contributed by atoms with Crippen molar-refractivity contribution >= 4 is 5.91 Å². The van der Waals surface area contributed by atoms with Crippen LogP contribution in [0.2, 0.25) is 0 Å². The van der Waals surface area contributed by atoms with E-state index >= 15 is 0 Å². The molecule has 20 heavy (non-hydrogen) atoms. The highest BCUT2D eigenvalue weighted by molar-refractivity contribution is 5.78. The largest absolute Gasteiger partial charge is 0.381 e. The zero-order valence-corrected chi connectivity index (χ0v) is 12.7. The summed E-state index contributed by atoms with van der Waals surface area (Å²) in [7, 11) is 0. The molecule has 0 bridgehead atoms. The first kappa shape index (κ1) is 15.0. The van der Waals surface area contributed by atoms with Crippen molar-refractivity contribution in [3.63, 3.8) is 0 Å². The van der Waals surface area contributed by atoms with Gasteiger partial charge in [0.25, 0.3) is 0 Å². The second-order valence-electron chi connectivity index (χ2n) is 5.87. The van der Waals surface area contributed by atoms with Crippen molar-refractivity contribution < 1.29 is 9.53 Å². The van der Waals surface area contributed by atoms with Crippen LogP contribution in [-0.4, -0.2) is 19.1 Å².